The molecule has 2 aromatic rings. The van der Waals surface area contributed by atoms with Crippen molar-refractivity contribution < 1.29 is 4.79 Å². The lowest BCUT2D eigenvalue weighted by molar-refractivity contribution is 0.0944. The average molecular weight is 388 g/mol. The Morgan fingerprint density at radius 3 is 2.78 bits per heavy atom. The number of halogens is 1. The Kier molecular flexibility index (Phi) is 5.72. The first kappa shape index (κ1) is 19.6. The van der Waals surface area contributed by atoms with E-state index in [0.717, 1.165) is 42.9 Å². The molecular weight excluding hydrogens is 362 g/mol. The van der Waals surface area contributed by atoms with Crippen LogP contribution < -0.4 is 16.2 Å². The van der Waals surface area contributed by atoms with E-state index in [0.29, 0.717) is 17.4 Å². The van der Waals surface area contributed by atoms with Gasteiger partial charge in [-0.2, -0.15) is 0 Å². The summed E-state index contributed by atoms with van der Waals surface area (Å²) in [6.07, 6.45) is 1.13. The molecule has 1 aromatic carbocycles. The lowest BCUT2D eigenvalue weighted by atomic mass is 9.83. The van der Waals surface area contributed by atoms with Gasteiger partial charge in [-0.25, -0.2) is 0 Å². The van der Waals surface area contributed by atoms with Crippen LogP contribution in [0.1, 0.15) is 42.2 Å². The molecule has 0 aliphatic carbocycles. The van der Waals surface area contributed by atoms with Crippen LogP contribution in [0.25, 0.3) is 11.1 Å². The number of benzene rings is 1. The monoisotopic (exact) mass is 387 g/mol. The first-order valence-corrected chi connectivity index (χ1v) is 9.38. The Hall–Kier alpha value is -2.11. The minimum Gasteiger partial charge on any atom is -0.350 e. The predicted molar refractivity (Wildman–Crippen MR) is 110 cm³/mol. The van der Waals surface area contributed by atoms with E-state index >= 15 is 0 Å². The Balaban J connectivity index is 0.00000210. The molecule has 4 rings (SSSR count). The molecule has 0 unspecified atom stereocenters. The number of amides is 1. The number of rotatable bonds is 3. The molecule has 1 aromatic heterocycles. The van der Waals surface area contributed by atoms with Crippen molar-refractivity contribution in [1.82, 2.24) is 15.2 Å². The zero-order valence-corrected chi connectivity index (χ0v) is 16.5. The highest BCUT2D eigenvalue weighted by Crippen LogP contribution is 2.34. The normalized spacial score (nSPS) is 20.6. The maximum absolute atomic E-state index is 12.8. The molecule has 0 saturated carbocycles. The fourth-order valence-corrected chi connectivity index (χ4v) is 4.23. The number of hydrogen-bond acceptors (Lipinski definition) is 3. The van der Waals surface area contributed by atoms with E-state index in [1.54, 1.807) is 6.07 Å². The van der Waals surface area contributed by atoms with Gasteiger partial charge in [0.05, 0.1) is 0 Å². The summed E-state index contributed by atoms with van der Waals surface area (Å²) in [5, 5.41) is 6.43. The molecule has 2 bridgehead atoms. The molecule has 0 spiro atoms. The van der Waals surface area contributed by atoms with Gasteiger partial charge in [0.15, 0.2) is 0 Å². The van der Waals surface area contributed by atoms with Gasteiger partial charge in [-0.05, 0) is 56.0 Å². The van der Waals surface area contributed by atoms with Gasteiger partial charge in [0.25, 0.3) is 11.5 Å². The van der Waals surface area contributed by atoms with Crippen molar-refractivity contribution in [2.45, 2.75) is 38.8 Å². The smallest absolute Gasteiger partial charge is 0.252 e. The van der Waals surface area contributed by atoms with Gasteiger partial charge >= 0.3 is 0 Å². The molecule has 5 nitrogen and oxygen atoms in total. The molecule has 0 radical (unpaired) electrons. The summed E-state index contributed by atoms with van der Waals surface area (Å²) in [6, 6.07) is 11.4. The fraction of sp³-hybridized carbons (Fsp3) is 0.429. The van der Waals surface area contributed by atoms with Gasteiger partial charge in [0.2, 0.25) is 0 Å². The molecule has 2 aliphatic heterocycles. The minimum absolute atomic E-state index is 0. The van der Waals surface area contributed by atoms with E-state index < -0.39 is 0 Å². The molecule has 144 valence electrons. The Morgan fingerprint density at radius 2 is 2.00 bits per heavy atom. The van der Waals surface area contributed by atoms with Crippen LogP contribution in [-0.2, 0) is 6.54 Å². The number of pyridine rings is 1. The highest BCUT2D eigenvalue weighted by molar-refractivity contribution is 6.01. The maximum Gasteiger partial charge on any atom is 0.252 e. The van der Waals surface area contributed by atoms with E-state index in [1.165, 1.54) is 0 Å². The number of carbonyl (C=O) groups is 1. The molecule has 6 heteroatoms. The first-order valence-electron chi connectivity index (χ1n) is 9.38. The summed E-state index contributed by atoms with van der Waals surface area (Å²) in [6.45, 7) is 6.57. The van der Waals surface area contributed by atoms with Crippen molar-refractivity contribution in [3.05, 3.63) is 58.0 Å². The zero-order chi connectivity index (χ0) is 18.3. The molecule has 3 heterocycles. The van der Waals surface area contributed by atoms with Crippen LogP contribution in [0.15, 0.2) is 41.2 Å². The molecule has 27 heavy (non-hydrogen) atoms. The van der Waals surface area contributed by atoms with Crippen molar-refractivity contribution in [3.8, 4) is 11.1 Å². The van der Waals surface area contributed by atoms with Crippen molar-refractivity contribution in [2.75, 3.05) is 13.1 Å². The summed E-state index contributed by atoms with van der Waals surface area (Å²) < 4.78 is 1.93. The van der Waals surface area contributed by atoms with Crippen LogP contribution >= 0.6 is 12.4 Å². The van der Waals surface area contributed by atoms with Crippen molar-refractivity contribution in [1.29, 1.82) is 0 Å². The van der Waals surface area contributed by atoms with Crippen LogP contribution in [0.5, 0.6) is 0 Å². The summed E-state index contributed by atoms with van der Waals surface area (Å²) in [5.41, 5.74) is 3.39. The number of hydrogen-bond donors (Lipinski definition) is 2. The number of nitrogens with one attached hydrogen (secondary N) is 2. The lowest BCUT2D eigenvalue weighted by Crippen LogP contribution is -2.44. The predicted octanol–water partition coefficient (Wildman–Crippen LogP) is 2.78. The van der Waals surface area contributed by atoms with Gasteiger partial charge < -0.3 is 15.2 Å². The Bertz CT molecular complexity index is 907. The van der Waals surface area contributed by atoms with Gasteiger partial charge in [-0.15, -0.1) is 12.4 Å². The largest absolute Gasteiger partial charge is 0.350 e. The second-order valence-corrected chi connectivity index (χ2v) is 7.75. The molecule has 1 saturated heterocycles. The number of piperidine rings is 1. The van der Waals surface area contributed by atoms with Gasteiger partial charge in [0.1, 0.15) is 0 Å². The number of carbonyl (C=O) groups excluding carboxylic acids is 1. The molecule has 2 atom stereocenters. The third kappa shape index (κ3) is 3.80. The van der Waals surface area contributed by atoms with Gasteiger partial charge in [0, 0.05) is 42.4 Å². The van der Waals surface area contributed by atoms with E-state index in [2.05, 4.69) is 16.7 Å². The second-order valence-electron chi connectivity index (χ2n) is 7.75. The first-order chi connectivity index (χ1) is 12.5. The van der Waals surface area contributed by atoms with Gasteiger partial charge in [-0.1, -0.05) is 18.2 Å². The van der Waals surface area contributed by atoms with Crippen LogP contribution in [-0.4, -0.2) is 29.6 Å². The zero-order valence-electron chi connectivity index (χ0n) is 15.7. The number of fused-ring (bicyclic) bond motifs is 4. The lowest BCUT2D eigenvalue weighted by Gasteiger charge is -2.37. The minimum atomic E-state index is -0.104. The quantitative estimate of drug-likeness (QED) is 0.851. The summed E-state index contributed by atoms with van der Waals surface area (Å²) in [7, 11) is 0. The molecular formula is C21H26ClN3O2. The summed E-state index contributed by atoms with van der Waals surface area (Å²) in [4.78, 5) is 25.4. The molecule has 2 N–H and O–H groups in total. The van der Waals surface area contributed by atoms with Crippen LogP contribution in [0.3, 0.4) is 0 Å². The van der Waals surface area contributed by atoms with Crippen LogP contribution in [0.4, 0.5) is 0 Å². The van der Waals surface area contributed by atoms with Crippen molar-refractivity contribution in [2.24, 2.45) is 5.92 Å². The van der Waals surface area contributed by atoms with Crippen molar-refractivity contribution >= 4 is 18.3 Å². The fourth-order valence-electron chi connectivity index (χ4n) is 4.23. The van der Waals surface area contributed by atoms with Crippen LogP contribution in [0.2, 0.25) is 0 Å². The maximum atomic E-state index is 12.8. The molecule has 1 amide bonds. The van der Waals surface area contributed by atoms with Crippen molar-refractivity contribution in [3.63, 3.8) is 0 Å². The van der Waals surface area contributed by atoms with E-state index in [9.17, 15) is 9.59 Å². The number of aromatic nitrogens is 1. The molecule has 1 fully saturated rings. The van der Waals surface area contributed by atoms with Gasteiger partial charge in [-0.3, -0.25) is 9.59 Å². The third-order valence-electron chi connectivity index (χ3n) is 5.36. The Labute approximate surface area is 165 Å². The third-order valence-corrected chi connectivity index (χ3v) is 5.36. The average Bonchev–Trinajstić information content (AvgIpc) is 2.62. The summed E-state index contributed by atoms with van der Waals surface area (Å²) in [5.74, 6) is 0.800. The molecule has 2 aliphatic rings. The van der Waals surface area contributed by atoms with Crippen LogP contribution in [0, 0.1) is 5.92 Å². The number of nitrogens with zero attached hydrogens (tertiary/aromatic N) is 1. The standard InChI is InChI=1S/C21H25N3O2.ClH/c1-13(2)23-21(26)18-6-4-3-5-17(18)15-8-19-16-7-14(10-22-11-16)12-24(19)20(25)9-15;/h3-6,8-9,13-14,16,22H,7,10-12H2,1-2H3,(H,23,26);1H/t14-,16+;/m0./s1. The SMILES string of the molecule is CC(C)NC(=O)c1ccccc1-c1cc2n(c(=O)c1)C[C@@H]1CNC[C@H]2C1.Cl. The highest BCUT2D eigenvalue weighted by atomic mass is 35.5. The topological polar surface area (TPSA) is 63.1 Å². The van der Waals surface area contributed by atoms with E-state index in [-0.39, 0.29) is 29.9 Å². The highest BCUT2D eigenvalue weighted by Gasteiger charge is 2.31. The Morgan fingerprint density at radius 1 is 1.22 bits per heavy atom. The second kappa shape index (κ2) is 7.87. The van der Waals surface area contributed by atoms with E-state index in [1.807, 2.05) is 42.7 Å². The van der Waals surface area contributed by atoms with E-state index in [4.69, 9.17) is 0 Å². The summed E-state index contributed by atoms with van der Waals surface area (Å²) >= 11 is 0.